The number of rotatable bonds is 4. The first kappa shape index (κ1) is 24.6. The number of nitrogens with zero attached hydrogens (tertiary/aromatic N) is 5. The van der Waals surface area contributed by atoms with Gasteiger partial charge < -0.3 is 10.1 Å². The maximum Gasteiger partial charge on any atom is 0.429 e. The van der Waals surface area contributed by atoms with Crippen LogP contribution in [0.25, 0.3) is 22.8 Å². The van der Waals surface area contributed by atoms with Gasteiger partial charge in [-0.2, -0.15) is 13.2 Å². The summed E-state index contributed by atoms with van der Waals surface area (Å²) in [5.41, 5.74) is 0.775. The Kier molecular flexibility index (Phi) is 6.79. The molecule has 0 spiro atoms. The summed E-state index contributed by atoms with van der Waals surface area (Å²) in [5, 5.41) is 6.56. The van der Waals surface area contributed by atoms with Crippen molar-refractivity contribution in [3.05, 3.63) is 83.4 Å². The fourth-order valence-electron chi connectivity index (χ4n) is 3.14. The predicted octanol–water partition coefficient (Wildman–Crippen LogP) is 5.18. The maximum absolute atomic E-state index is 14.2. The standard InChI is InChI=1S/C22H15F5N5.Pt/c1-21(2,17-7-3-5-15(28-17)13-10-9-12(23)11-14(13)24)18-8-4-6-16(29-18)19-30-20(32-31-19)22(25,26)27;/h3-11H,1-2H3;/q-1;. The van der Waals surface area contributed by atoms with Crippen molar-refractivity contribution in [2.75, 3.05) is 0 Å². The van der Waals surface area contributed by atoms with Gasteiger partial charge in [0, 0.05) is 38.1 Å². The molecule has 3 aromatic heterocycles. The summed E-state index contributed by atoms with van der Waals surface area (Å²) in [7, 11) is 0. The number of halogens is 5. The van der Waals surface area contributed by atoms with Gasteiger partial charge in [0.2, 0.25) is 0 Å². The Morgan fingerprint density at radius 2 is 1.39 bits per heavy atom. The Labute approximate surface area is 199 Å². The molecule has 4 rings (SSSR count). The predicted molar refractivity (Wildman–Crippen MR) is 105 cm³/mol. The van der Waals surface area contributed by atoms with Crippen molar-refractivity contribution in [1.29, 1.82) is 0 Å². The van der Waals surface area contributed by atoms with Crippen molar-refractivity contribution in [1.82, 2.24) is 25.1 Å². The second-order valence-electron chi connectivity index (χ2n) is 7.52. The number of pyridine rings is 2. The maximum atomic E-state index is 14.2. The summed E-state index contributed by atoms with van der Waals surface area (Å²) < 4.78 is 65.9. The second-order valence-corrected chi connectivity index (χ2v) is 7.52. The Balaban J connectivity index is 0.00000306. The van der Waals surface area contributed by atoms with Crippen molar-refractivity contribution in [2.45, 2.75) is 25.4 Å². The zero-order valence-electron chi connectivity index (χ0n) is 17.1. The van der Waals surface area contributed by atoms with E-state index < -0.39 is 29.1 Å². The van der Waals surface area contributed by atoms with E-state index in [9.17, 15) is 22.0 Å². The molecule has 0 aliphatic rings. The van der Waals surface area contributed by atoms with E-state index in [1.54, 1.807) is 30.3 Å². The van der Waals surface area contributed by atoms with E-state index in [2.05, 4.69) is 25.1 Å². The quantitative estimate of drug-likeness (QED) is 0.288. The minimum absolute atomic E-state index is 0. The fourth-order valence-corrected chi connectivity index (χ4v) is 3.14. The summed E-state index contributed by atoms with van der Waals surface area (Å²) >= 11 is 0. The van der Waals surface area contributed by atoms with Crippen LogP contribution in [0.15, 0.2) is 54.6 Å². The minimum Gasteiger partial charge on any atom is -0.413 e. The summed E-state index contributed by atoms with van der Waals surface area (Å²) in [6, 6.07) is 13.0. The Morgan fingerprint density at radius 1 is 0.788 bits per heavy atom. The first-order valence-electron chi connectivity index (χ1n) is 9.41. The Hall–Kier alpha value is -3.00. The van der Waals surface area contributed by atoms with E-state index in [-0.39, 0.29) is 38.1 Å². The van der Waals surface area contributed by atoms with Crippen molar-refractivity contribution in [2.24, 2.45) is 0 Å². The van der Waals surface area contributed by atoms with E-state index in [1.165, 1.54) is 12.1 Å². The van der Waals surface area contributed by atoms with Crippen molar-refractivity contribution in [3.63, 3.8) is 0 Å². The third-order valence-corrected chi connectivity index (χ3v) is 4.92. The van der Waals surface area contributed by atoms with Gasteiger partial charge in [0.25, 0.3) is 0 Å². The zero-order chi connectivity index (χ0) is 23.1. The summed E-state index contributed by atoms with van der Waals surface area (Å²) in [6.45, 7) is 3.63. The summed E-state index contributed by atoms with van der Waals surface area (Å²) in [6.07, 6.45) is -4.71. The molecule has 0 aliphatic carbocycles. The van der Waals surface area contributed by atoms with Crippen LogP contribution >= 0.6 is 0 Å². The molecule has 0 saturated heterocycles. The van der Waals surface area contributed by atoms with E-state index in [1.807, 2.05) is 13.8 Å². The second kappa shape index (κ2) is 9.09. The van der Waals surface area contributed by atoms with E-state index >= 15 is 0 Å². The van der Waals surface area contributed by atoms with Crippen LogP contribution in [0.5, 0.6) is 0 Å². The first-order chi connectivity index (χ1) is 15.1. The number of benzene rings is 1. The van der Waals surface area contributed by atoms with Crippen molar-refractivity contribution < 1.29 is 43.0 Å². The SMILES string of the molecule is CC(C)(c1cccc(-c2nc(C(F)(F)F)n[n-]2)n1)c1cccc(-c2ccc(F)cc2F)n1.[Pt]. The molecule has 0 fully saturated rings. The van der Waals surface area contributed by atoms with Gasteiger partial charge in [-0.25, -0.2) is 8.78 Å². The van der Waals surface area contributed by atoms with Crippen LogP contribution in [-0.2, 0) is 32.7 Å². The van der Waals surface area contributed by atoms with Gasteiger partial charge in [-0.3, -0.25) is 15.1 Å². The molecular weight excluding hydrogens is 624 g/mol. The van der Waals surface area contributed by atoms with Crippen LogP contribution in [0, 0.1) is 11.6 Å². The normalized spacial score (nSPS) is 11.8. The fraction of sp³-hybridized carbons (Fsp3) is 0.182. The zero-order valence-corrected chi connectivity index (χ0v) is 19.4. The molecule has 0 atom stereocenters. The molecule has 174 valence electrons. The van der Waals surface area contributed by atoms with Gasteiger partial charge in [-0.15, -0.1) is 0 Å². The molecule has 4 aromatic rings. The first-order valence-corrected chi connectivity index (χ1v) is 9.41. The molecule has 11 heteroatoms. The molecule has 0 unspecified atom stereocenters. The molecule has 0 amide bonds. The number of hydrogen-bond acceptors (Lipinski definition) is 4. The Morgan fingerprint density at radius 3 is 1.97 bits per heavy atom. The summed E-state index contributed by atoms with van der Waals surface area (Å²) in [4.78, 5) is 12.4. The van der Waals surface area contributed by atoms with Crippen molar-refractivity contribution in [3.8, 4) is 22.8 Å². The smallest absolute Gasteiger partial charge is 0.413 e. The number of alkyl halides is 3. The van der Waals surface area contributed by atoms with Crippen molar-refractivity contribution >= 4 is 0 Å². The molecule has 0 aliphatic heterocycles. The van der Waals surface area contributed by atoms with Crippen LogP contribution < -0.4 is 5.10 Å². The van der Waals surface area contributed by atoms with Crippen LogP contribution in [0.3, 0.4) is 0 Å². The van der Waals surface area contributed by atoms with Gasteiger partial charge in [0.05, 0.1) is 22.8 Å². The van der Waals surface area contributed by atoms with Gasteiger partial charge in [-0.1, -0.05) is 12.1 Å². The molecule has 33 heavy (non-hydrogen) atoms. The minimum atomic E-state index is -4.71. The molecule has 0 bridgehead atoms. The van der Waals surface area contributed by atoms with Gasteiger partial charge in [0.1, 0.15) is 17.5 Å². The largest absolute Gasteiger partial charge is 0.429 e. The van der Waals surface area contributed by atoms with Gasteiger partial charge in [0.15, 0.2) is 0 Å². The molecular formula is C22H15F5N5Pt-. The topological polar surface area (TPSA) is 65.7 Å². The van der Waals surface area contributed by atoms with E-state index in [0.29, 0.717) is 17.1 Å². The van der Waals surface area contributed by atoms with Crippen LogP contribution in [0.2, 0.25) is 0 Å². The van der Waals surface area contributed by atoms with Gasteiger partial charge in [-0.05, 0) is 56.1 Å². The molecule has 1 aromatic carbocycles. The Bertz CT molecular complexity index is 1290. The average Bonchev–Trinajstić information content (AvgIpc) is 3.25. The molecule has 0 radical (unpaired) electrons. The number of hydrogen-bond donors (Lipinski definition) is 0. The molecule has 0 N–H and O–H groups in total. The van der Waals surface area contributed by atoms with Crippen LogP contribution in [0.1, 0.15) is 31.1 Å². The van der Waals surface area contributed by atoms with Crippen LogP contribution in [-0.4, -0.2) is 20.1 Å². The molecule has 5 nitrogen and oxygen atoms in total. The molecule has 0 saturated carbocycles. The third-order valence-electron chi connectivity index (χ3n) is 4.92. The van der Waals surface area contributed by atoms with Crippen LogP contribution in [0.4, 0.5) is 22.0 Å². The molecule has 3 heterocycles. The number of aromatic nitrogens is 5. The monoisotopic (exact) mass is 639 g/mol. The van der Waals surface area contributed by atoms with E-state index in [4.69, 9.17) is 0 Å². The van der Waals surface area contributed by atoms with E-state index in [0.717, 1.165) is 12.1 Å². The summed E-state index contributed by atoms with van der Waals surface area (Å²) in [5.74, 6) is -3.02. The third kappa shape index (κ3) is 5.00. The average molecular weight is 639 g/mol. The van der Waals surface area contributed by atoms with Gasteiger partial charge >= 0.3 is 6.18 Å².